The Hall–Kier alpha value is 1.57. The van der Waals surface area contributed by atoms with Crippen LogP contribution in [0.3, 0.4) is 0 Å². The Morgan fingerprint density at radius 3 is 1.14 bits per heavy atom. The van der Waals surface area contributed by atoms with Crippen LogP contribution in [0.25, 0.3) is 0 Å². The van der Waals surface area contributed by atoms with Crippen LogP contribution in [0, 0.1) is 44.5 Å². The Kier molecular flexibility index (Phi) is 21.8. The van der Waals surface area contributed by atoms with E-state index in [1.165, 1.54) is 57.8 Å². The molecule has 2 rings (SSSR count). The van der Waals surface area contributed by atoms with E-state index in [9.17, 15) is 0 Å². The molecule has 0 aliphatic heterocycles. The Morgan fingerprint density at radius 2 is 1.00 bits per heavy atom. The van der Waals surface area contributed by atoms with Crippen molar-refractivity contribution in [3.63, 3.8) is 0 Å². The zero-order valence-corrected chi connectivity index (χ0v) is 15.1. The molecular weight excluding hydrogens is 438 g/mol. The first-order valence-electron chi connectivity index (χ1n) is 5.39. The van der Waals surface area contributed by atoms with Crippen molar-refractivity contribution in [2.75, 3.05) is 0 Å². The smallest absolute Gasteiger partial charge is 0 e. The number of rotatable bonds is 0. The molecule has 14 heavy (non-hydrogen) atoms. The van der Waals surface area contributed by atoms with E-state index in [0.29, 0.717) is 0 Å². The van der Waals surface area contributed by atoms with Crippen molar-refractivity contribution in [3.05, 3.63) is 7.43 Å². The summed E-state index contributed by atoms with van der Waals surface area (Å²) in [5.41, 5.74) is 0. The summed E-state index contributed by atoms with van der Waals surface area (Å²) in [5, 5.41) is 0. The summed E-state index contributed by atoms with van der Waals surface area (Å²) in [6.45, 7) is 2.34. The Labute approximate surface area is 125 Å². The summed E-state index contributed by atoms with van der Waals surface area (Å²) >= 11 is 0. The molecular formula is C12H25FeU-. The van der Waals surface area contributed by atoms with Gasteiger partial charge in [-0.2, -0.15) is 0 Å². The fraction of sp³-hybridized carbons (Fsp3) is 0.917. The Balaban J connectivity index is -0.000000144. The van der Waals surface area contributed by atoms with Crippen molar-refractivity contribution >= 4 is 0 Å². The molecule has 2 aliphatic rings. The number of hydrogen-bond acceptors (Lipinski definition) is 0. The largest absolute Gasteiger partial charge is 0.358 e. The predicted molar refractivity (Wildman–Crippen MR) is 57.1 cm³/mol. The molecule has 0 bridgehead atoms. The van der Waals surface area contributed by atoms with Crippen LogP contribution in [0.2, 0.25) is 0 Å². The van der Waals surface area contributed by atoms with Crippen LogP contribution in [0.1, 0.15) is 64.7 Å². The fourth-order valence-corrected chi connectivity index (χ4v) is 2.01. The molecule has 0 saturated heterocycles. The van der Waals surface area contributed by atoms with Crippen molar-refractivity contribution in [1.82, 2.24) is 0 Å². The van der Waals surface area contributed by atoms with Gasteiger partial charge in [0.25, 0.3) is 0 Å². The first-order valence-corrected chi connectivity index (χ1v) is 5.39. The van der Waals surface area contributed by atoms with Crippen molar-refractivity contribution in [2.45, 2.75) is 64.7 Å². The third-order valence-corrected chi connectivity index (χ3v) is 2.89. The number of hydrogen-bond donors (Lipinski definition) is 0. The van der Waals surface area contributed by atoms with Gasteiger partial charge in [0.15, 0.2) is 0 Å². The van der Waals surface area contributed by atoms with E-state index in [0.717, 1.165) is 5.92 Å². The third-order valence-electron chi connectivity index (χ3n) is 2.89. The van der Waals surface area contributed by atoms with Crippen LogP contribution in [0.15, 0.2) is 0 Å². The molecule has 2 heteroatoms. The van der Waals surface area contributed by atoms with E-state index < -0.39 is 0 Å². The van der Waals surface area contributed by atoms with Crippen molar-refractivity contribution < 1.29 is 48.2 Å². The molecule has 2 fully saturated rings. The average molecular weight is 463 g/mol. The molecule has 0 aromatic rings. The minimum absolute atomic E-state index is 0. The van der Waals surface area contributed by atoms with Gasteiger partial charge < -0.3 is 7.43 Å². The molecule has 0 aromatic carbocycles. The second kappa shape index (κ2) is 14.6. The van der Waals surface area contributed by atoms with Gasteiger partial charge in [0.1, 0.15) is 0 Å². The summed E-state index contributed by atoms with van der Waals surface area (Å²) in [5.74, 6) is 1.05. The SMILES string of the molecule is C1CCCC1.CC1CCCC1.[CH3-].[Fe].[U]. The van der Waals surface area contributed by atoms with Gasteiger partial charge in [-0.15, -0.1) is 0 Å². The maximum atomic E-state index is 2.34. The van der Waals surface area contributed by atoms with Gasteiger partial charge in [0.05, 0.1) is 0 Å². The quantitative estimate of drug-likeness (QED) is 0.364. The van der Waals surface area contributed by atoms with E-state index in [-0.39, 0.29) is 55.6 Å². The molecule has 0 amide bonds. The molecule has 0 N–H and O–H groups in total. The molecule has 0 unspecified atom stereocenters. The second-order valence-electron chi connectivity index (χ2n) is 4.16. The van der Waals surface area contributed by atoms with Crippen LogP contribution < -0.4 is 0 Å². The normalized spacial score (nSPS) is 19.5. The maximum Gasteiger partial charge on any atom is 0 e. The Bertz CT molecular complexity index is 78.7. The summed E-state index contributed by atoms with van der Waals surface area (Å²) in [6, 6.07) is 0. The molecule has 0 radical (unpaired) electrons. The van der Waals surface area contributed by atoms with Gasteiger partial charge in [0, 0.05) is 48.2 Å². The van der Waals surface area contributed by atoms with Crippen LogP contribution in [0.4, 0.5) is 0 Å². The molecule has 0 atom stereocenters. The van der Waals surface area contributed by atoms with Crippen LogP contribution in [-0.4, -0.2) is 0 Å². The van der Waals surface area contributed by atoms with E-state index in [2.05, 4.69) is 6.92 Å². The summed E-state index contributed by atoms with van der Waals surface area (Å²) in [7, 11) is 0. The summed E-state index contributed by atoms with van der Waals surface area (Å²) < 4.78 is 0. The first kappa shape index (κ1) is 20.9. The van der Waals surface area contributed by atoms with Gasteiger partial charge in [0.2, 0.25) is 0 Å². The zero-order chi connectivity index (χ0) is 7.94. The fourth-order valence-electron chi connectivity index (χ4n) is 2.01. The van der Waals surface area contributed by atoms with Crippen LogP contribution in [0.5, 0.6) is 0 Å². The van der Waals surface area contributed by atoms with E-state index >= 15 is 0 Å². The first-order chi connectivity index (χ1) is 5.39. The van der Waals surface area contributed by atoms with E-state index in [1.54, 1.807) is 0 Å². The monoisotopic (exact) mass is 463 g/mol. The van der Waals surface area contributed by atoms with Crippen molar-refractivity contribution in [2.24, 2.45) is 5.92 Å². The molecule has 0 aromatic heterocycles. The van der Waals surface area contributed by atoms with Gasteiger partial charge in [-0.05, 0) is 5.92 Å². The van der Waals surface area contributed by atoms with Crippen molar-refractivity contribution in [1.29, 1.82) is 0 Å². The zero-order valence-electron chi connectivity index (χ0n) is 9.79. The summed E-state index contributed by atoms with van der Waals surface area (Å²) in [6.07, 6.45) is 13.4. The molecule has 0 spiro atoms. The molecule has 2 saturated carbocycles. The standard InChI is InChI=1S/C6H12.C5H10.CH3.Fe.U/c1-6-4-2-3-5-6;1-2-4-5-3-1;;;/h6H,2-5H2,1H3;1-5H2;1H3;;/q;;-1;;. The summed E-state index contributed by atoms with van der Waals surface area (Å²) in [4.78, 5) is 0. The second-order valence-corrected chi connectivity index (χ2v) is 4.16. The topological polar surface area (TPSA) is 0 Å². The maximum absolute atomic E-state index is 2.34. The van der Waals surface area contributed by atoms with Gasteiger partial charge in [-0.25, -0.2) is 0 Å². The molecule has 2 aliphatic carbocycles. The van der Waals surface area contributed by atoms with Gasteiger partial charge in [-0.3, -0.25) is 0 Å². The minimum Gasteiger partial charge on any atom is -0.358 e. The van der Waals surface area contributed by atoms with Crippen LogP contribution >= 0.6 is 0 Å². The van der Waals surface area contributed by atoms with Gasteiger partial charge >= 0.3 is 0 Å². The van der Waals surface area contributed by atoms with E-state index in [1.807, 2.05) is 0 Å². The average Bonchev–Trinajstić information content (AvgIpc) is 2.57. The molecule has 86 valence electrons. The van der Waals surface area contributed by atoms with Gasteiger partial charge in [-0.1, -0.05) is 64.7 Å². The predicted octanol–water partition coefficient (Wildman–Crippen LogP) is 4.59. The van der Waals surface area contributed by atoms with E-state index in [4.69, 9.17) is 0 Å². The van der Waals surface area contributed by atoms with Crippen LogP contribution in [-0.2, 0) is 17.1 Å². The molecule has 0 nitrogen and oxygen atoms in total. The van der Waals surface area contributed by atoms with Crippen molar-refractivity contribution in [3.8, 4) is 0 Å². The Morgan fingerprint density at radius 1 is 0.714 bits per heavy atom. The molecule has 0 heterocycles. The minimum atomic E-state index is 0. The third kappa shape index (κ3) is 11.6.